The molecule has 33 heavy (non-hydrogen) atoms. The maximum Gasteiger partial charge on any atom is 0.387 e. The number of benzene rings is 2. The van der Waals surface area contributed by atoms with Crippen LogP contribution in [-0.4, -0.2) is 57.7 Å². The van der Waals surface area contributed by atoms with Crippen LogP contribution in [0.25, 0.3) is 0 Å². The van der Waals surface area contributed by atoms with Crippen molar-refractivity contribution in [1.82, 2.24) is 15.5 Å². The number of rotatable bonds is 10. The third-order valence-corrected chi connectivity index (χ3v) is 4.49. The summed E-state index contributed by atoms with van der Waals surface area (Å²) in [6, 6.07) is 12.3. The second-order valence-electron chi connectivity index (χ2n) is 7.10. The van der Waals surface area contributed by atoms with E-state index >= 15 is 0 Å². The van der Waals surface area contributed by atoms with Gasteiger partial charge >= 0.3 is 6.61 Å². The molecule has 2 aromatic rings. The standard InChI is InChI=1S/C23H30F2N4O3.HI/c1-5-31-20-14-17(9-10-19(20)32-22(24)25)15-28-23(26-2)27-12-11-16-7-6-8-18(13-16)21(30)29(3)4;/h6-10,13-14,22H,5,11-12,15H2,1-4H3,(H2,26,27,28);1H. The third-order valence-electron chi connectivity index (χ3n) is 4.49. The Labute approximate surface area is 210 Å². The average Bonchev–Trinajstić information content (AvgIpc) is 2.77. The van der Waals surface area contributed by atoms with Crippen molar-refractivity contribution in [3.8, 4) is 11.5 Å². The van der Waals surface area contributed by atoms with Crippen molar-refractivity contribution in [1.29, 1.82) is 0 Å². The largest absolute Gasteiger partial charge is 0.490 e. The van der Waals surface area contributed by atoms with Gasteiger partial charge in [-0.1, -0.05) is 18.2 Å². The summed E-state index contributed by atoms with van der Waals surface area (Å²) < 4.78 is 35.0. The molecule has 0 aliphatic heterocycles. The number of alkyl halides is 2. The molecule has 0 saturated heterocycles. The molecule has 0 saturated carbocycles. The zero-order valence-electron chi connectivity index (χ0n) is 19.2. The maximum atomic E-state index is 12.5. The van der Waals surface area contributed by atoms with Crippen LogP contribution in [0.2, 0.25) is 0 Å². The first-order valence-electron chi connectivity index (χ1n) is 10.3. The summed E-state index contributed by atoms with van der Waals surface area (Å²) in [6.07, 6.45) is 0.712. The van der Waals surface area contributed by atoms with Crippen LogP contribution in [0.3, 0.4) is 0 Å². The monoisotopic (exact) mass is 576 g/mol. The summed E-state index contributed by atoms with van der Waals surface area (Å²) in [7, 11) is 5.11. The highest BCUT2D eigenvalue weighted by molar-refractivity contribution is 14.0. The number of hydrogen-bond donors (Lipinski definition) is 2. The maximum absolute atomic E-state index is 12.5. The molecule has 0 fully saturated rings. The Morgan fingerprint density at radius 2 is 1.85 bits per heavy atom. The molecule has 0 bridgehead atoms. The van der Waals surface area contributed by atoms with E-state index in [0.717, 1.165) is 11.1 Å². The lowest BCUT2D eigenvalue weighted by atomic mass is 10.1. The molecule has 0 unspecified atom stereocenters. The van der Waals surface area contributed by atoms with Crippen LogP contribution in [0.4, 0.5) is 8.78 Å². The molecule has 1 amide bonds. The molecule has 0 aliphatic carbocycles. The number of amides is 1. The van der Waals surface area contributed by atoms with Crippen molar-refractivity contribution in [2.45, 2.75) is 26.5 Å². The molecule has 10 heteroatoms. The summed E-state index contributed by atoms with van der Waals surface area (Å²) in [5.74, 6) is 0.829. The normalized spacial score (nSPS) is 10.9. The van der Waals surface area contributed by atoms with Crippen molar-refractivity contribution in [2.75, 3.05) is 34.3 Å². The first kappa shape index (κ1) is 28.4. The fourth-order valence-electron chi connectivity index (χ4n) is 2.97. The lowest BCUT2D eigenvalue weighted by molar-refractivity contribution is -0.0514. The lowest BCUT2D eigenvalue weighted by Crippen LogP contribution is -2.37. The third kappa shape index (κ3) is 9.40. The summed E-state index contributed by atoms with van der Waals surface area (Å²) in [4.78, 5) is 17.9. The number of halogens is 3. The Kier molecular flexibility index (Phi) is 12.5. The van der Waals surface area contributed by atoms with Gasteiger partial charge in [-0.15, -0.1) is 24.0 Å². The molecular formula is C23H31F2IN4O3. The van der Waals surface area contributed by atoms with Gasteiger partial charge in [-0.2, -0.15) is 8.78 Å². The van der Waals surface area contributed by atoms with E-state index in [0.29, 0.717) is 37.6 Å². The van der Waals surface area contributed by atoms with Gasteiger partial charge in [0.15, 0.2) is 17.5 Å². The van der Waals surface area contributed by atoms with E-state index < -0.39 is 6.61 Å². The average molecular weight is 576 g/mol. The molecule has 0 radical (unpaired) electrons. The van der Waals surface area contributed by atoms with Crippen molar-refractivity contribution in [3.05, 3.63) is 59.2 Å². The van der Waals surface area contributed by atoms with Crippen LogP contribution in [0.1, 0.15) is 28.4 Å². The summed E-state index contributed by atoms with van der Waals surface area (Å²) in [5, 5.41) is 6.40. The van der Waals surface area contributed by atoms with Crippen LogP contribution in [-0.2, 0) is 13.0 Å². The zero-order valence-corrected chi connectivity index (χ0v) is 21.6. The number of hydrogen-bond acceptors (Lipinski definition) is 4. The van der Waals surface area contributed by atoms with Gasteiger partial charge in [0.25, 0.3) is 5.91 Å². The Hall–Kier alpha value is -2.63. The van der Waals surface area contributed by atoms with Crippen LogP contribution in [0, 0.1) is 0 Å². The number of aliphatic imine (C=N–C) groups is 1. The Morgan fingerprint density at radius 3 is 2.48 bits per heavy atom. The SMILES string of the molecule is CCOc1cc(CNC(=NC)NCCc2cccc(C(=O)N(C)C)c2)ccc1OC(F)F.I. The molecular weight excluding hydrogens is 545 g/mol. The van der Waals surface area contributed by atoms with Crippen molar-refractivity contribution >= 4 is 35.8 Å². The van der Waals surface area contributed by atoms with Crippen LogP contribution < -0.4 is 20.1 Å². The summed E-state index contributed by atoms with van der Waals surface area (Å²) >= 11 is 0. The number of guanidine groups is 1. The van der Waals surface area contributed by atoms with Gasteiger partial charge in [0.1, 0.15) is 0 Å². The van der Waals surface area contributed by atoms with Crippen LogP contribution >= 0.6 is 24.0 Å². The van der Waals surface area contributed by atoms with Gasteiger partial charge < -0.3 is 25.0 Å². The number of nitrogens with zero attached hydrogens (tertiary/aromatic N) is 2. The smallest absolute Gasteiger partial charge is 0.387 e. The van der Waals surface area contributed by atoms with E-state index in [-0.39, 0.29) is 41.4 Å². The first-order chi connectivity index (χ1) is 15.3. The topological polar surface area (TPSA) is 75.2 Å². The first-order valence-corrected chi connectivity index (χ1v) is 10.3. The lowest BCUT2D eigenvalue weighted by Gasteiger charge is -2.15. The van der Waals surface area contributed by atoms with E-state index in [1.165, 1.54) is 6.07 Å². The van der Waals surface area contributed by atoms with E-state index in [9.17, 15) is 13.6 Å². The molecule has 0 aromatic heterocycles. The van der Waals surface area contributed by atoms with Gasteiger partial charge in [0, 0.05) is 39.8 Å². The molecule has 0 spiro atoms. The Morgan fingerprint density at radius 1 is 1.09 bits per heavy atom. The van der Waals surface area contributed by atoms with Gasteiger partial charge in [0.2, 0.25) is 0 Å². The molecule has 0 aliphatic rings. The highest BCUT2D eigenvalue weighted by Crippen LogP contribution is 2.29. The predicted molar refractivity (Wildman–Crippen MR) is 136 cm³/mol. The molecule has 2 N–H and O–H groups in total. The summed E-state index contributed by atoms with van der Waals surface area (Å²) in [6.45, 7) is 0.227. The Bertz CT molecular complexity index is 926. The second-order valence-corrected chi connectivity index (χ2v) is 7.10. The van der Waals surface area contributed by atoms with Gasteiger partial charge in [-0.05, 0) is 48.7 Å². The molecule has 182 valence electrons. The van der Waals surface area contributed by atoms with Gasteiger partial charge in [-0.25, -0.2) is 0 Å². The molecule has 0 atom stereocenters. The van der Waals surface area contributed by atoms with Gasteiger partial charge in [0.05, 0.1) is 6.61 Å². The van der Waals surface area contributed by atoms with Crippen molar-refractivity contribution in [2.24, 2.45) is 4.99 Å². The molecule has 2 aromatic carbocycles. The zero-order chi connectivity index (χ0) is 23.5. The van der Waals surface area contributed by atoms with E-state index in [2.05, 4.69) is 20.4 Å². The fourth-order valence-corrected chi connectivity index (χ4v) is 2.97. The number of carbonyl (C=O) groups is 1. The van der Waals surface area contributed by atoms with Gasteiger partial charge in [-0.3, -0.25) is 9.79 Å². The minimum absolute atomic E-state index is 0. The quantitative estimate of drug-likeness (QED) is 0.255. The van der Waals surface area contributed by atoms with Crippen LogP contribution in [0.5, 0.6) is 11.5 Å². The summed E-state index contributed by atoms with van der Waals surface area (Å²) in [5.41, 5.74) is 2.52. The predicted octanol–water partition coefficient (Wildman–Crippen LogP) is 3.91. The van der Waals surface area contributed by atoms with E-state index in [4.69, 9.17) is 4.74 Å². The molecule has 7 nitrogen and oxygen atoms in total. The second kappa shape index (κ2) is 14.5. The van der Waals surface area contributed by atoms with E-state index in [1.807, 2.05) is 18.2 Å². The molecule has 2 rings (SSSR count). The minimum Gasteiger partial charge on any atom is -0.490 e. The number of nitrogens with one attached hydrogen (secondary N) is 2. The number of carbonyl (C=O) groups excluding carboxylic acids is 1. The fraction of sp³-hybridized carbons (Fsp3) is 0.391. The van der Waals surface area contributed by atoms with E-state index in [1.54, 1.807) is 51.2 Å². The number of ether oxygens (including phenoxy) is 2. The molecule has 0 heterocycles. The minimum atomic E-state index is -2.91. The highest BCUT2D eigenvalue weighted by atomic mass is 127. The van der Waals surface area contributed by atoms with Crippen molar-refractivity contribution in [3.63, 3.8) is 0 Å². The van der Waals surface area contributed by atoms with Crippen LogP contribution in [0.15, 0.2) is 47.5 Å². The highest BCUT2D eigenvalue weighted by Gasteiger charge is 2.12. The Balaban J connectivity index is 0.00000544. The van der Waals surface area contributed by atoms with Crippen molar-refractivity contribution < 1.29 is 23.0 Å².